The van der Waals surface area contributed by atoms with Gasteiger partial charge >= 0.3 is 5.97 Å². The molecule has 2 aromatic rings. The Bertz CT molecular complexity index is 1160. The van der Waals surface area contributed by atoms with Crippen molar-refractivity contribution in [2.24, 2.45) is 0 Å². The molecule has 0 N–H and O–H groups in total. The summed E-state index contributed by atoms with van der Waals surface area (Å²) in [7, 11) is -2.45. The lowest BCUT2D eigenvalue weighted by Crippen LogP contribution is -2.55. The van der Waals surface area contributed by atoms with Gasteiger partial charge in [0.1, 0.15) is 17.1 Å². The molecular formula is C23H30N4O5S. The normalized spacial score (nSPS) is 17.3. The summed E-state index contributed by atoms with van der Waals surface area (Å²) in [5, 5.41) is 0. The molecule has 1 aliphatic heterocycles. The van der Waals surface area contributed by atoms with E-state index in [0.717, 1.165) is 5.56 Å². The predicted molar refractivity (Wildman–Crippen MR) is 123 cm³/mol. The maximum Gasteiger partial charge on any atom is 0.342 e. The minimum Gasteiger partial charge on any atom is -0.465 e. The number of aryl methyl sites for hydroxylation is 2. The first-order valence-electron chi connectivity index (χ1n) is 10.8. The van der Waals surface area contributed by atoms with Crippen LogP contribution in [0.2, 0.25) is 0 Å². The van der Waals surface area contributed by atoms with Crippen molar-refractivity contribution in [3.8, 4) is 0 Å². The highest BCUT2D eigenvalue weighted by Crippen LogP contribution is 2.25. The molecule has 1 unspecified atom stereocenters. The summed E-state index contributed by atoms with van der Waals surface area (Å²) in [5.41, 5.74) is 1.47. The zero-order valence-corrected chi connectivity index (χ0v) is 20.6. The lowest BCUT2D eigenvalue weighted by molar-refractivity contribution is 0.0569. The molecule has 3 rings (SSSR count). The molecule has 1 aliphatic rings. The predicted octanol–water partition coefficient (Wildman–Crippen LogP) is 2.54. The Hall–Kier alpha value is -2.85. The van der Waals surface area contributed by atoms with Gasteiger partial charge in [0.05, 0.1) is 17.7 Å². The Morgan fingerprint density at radius 3 is 2.27 bits per heavy atom. The van der Waals surface area contributed by atoms with Gasteiger partial charge in [-0.05, 0) is 38.8 Å². The molecule has 9 nitrogen and oxygen atoms in total. The van der Waals surface area contributed by atoms with Gasteiger partial charge in [-0.25, -0.2) is 23.2 Å². The highest BCUT2D eigenvalue weighted by atomic mass is 32.2. The van der Waals surface area contributed by atoms with Crippen LogP contribution < -0.4 is 0 Å². The van der Waals surface area contributed by atoms with Gasteiger partial charge in [0.15, 0.2) is 0 Å². The Morgan fingerprint density at radius 1 is 1.09 bits per heavy atom. The van der Waals surface area contributed by atoms with E-state index >= 15 is 0 Å². The zero-order chi connectivity index (χ0) is 24.5. The number of methoxy groups -OCH3 is 1. The Kier molecular flexibility index (Phi) is 7.18. The van der Waals surface area contributed by atoms with Crippen LogP contribution in [0.5, 0.6) is 0 Å². The molecule has 1 amide bonds. The van der Waals surface area contributed by atoms with Crippen molar-refractivity contribution in [1.29, 1.82) is 0 Å². The largest absolute Gasteiger partial charge is 0.465 e. The third-order valence-electron chi connectivity index (χ3n) is 5.67. The summed E-state index contributed by atoms with van der Waals surface area (Å²) >= 11 is 0. The average Bonchev–Trinajstić information content (AvgIpc) is 2.77. The van der Waals surface area contributed by atoms with Crippen LogP contribution in [0.4, 0.5) is 0 Å². The summed E-state index contributed by atoms with van der Waals surface area (Å²) in [6.45, 7) is 9.55. The van der Waals surface area contributed by atoms with Crippen LogP contribution >= 0.6 is 0 Å². The van der Waals surface area contributed by atoms with E-state index in [4.69, 9.17) is 4.74 Å². The summed E-state index contributed by atoms with van der Waals surface area (Å²) in [5.74, 6) is -0.858. The highest BCUT2D eigenvalue weighted by molar-refractivity contribution is 7.89. The maximum absolute atomic E-state index is 13.4. The summed E-state index contributed by atoms with van der Waals surface area (Å²) < 4.78 is 32.6. The molecule has 2 heterocycles. The monoisotopic (exact) mass is 474 g/mol. The van der Waals surface area contributed by atoms with Crippen molar-refractivity contribution in [3.05, 3.63) is 52.6 Å². The van der Waals surface area contributed by atoms with E-state index in [9.17, 15) is 18.0 Å². The SMILES string of the molecule is COC(=O)c1c(C(=O)N2CCN(S(=O)(=O)c3ccc(C)cc3)C(C)C2)nc(C)nc1C(C)C. The van der Waals surface area contributed by atoms with E-state index in [2.05, 4.69) is 9.97 Å². The van der Waals surface area contributed by atoms with Crippen LogP contribution in [0.25, 0.3) is 0 Å². The minimum atomic E-state index is -3.70. The number of rotatable bonds is 5. The van der Waals surface area contributed by atoms with Gasteiger partial charge in [0.2, 0.25) is 10.0 Å². The molecule has 0 bridgehead atoms. The number of sulfonamides is 1. The van der Waals surface area contributed by atoms with Gasteiger partial charge < -0.3 is 9.64 Å². The first-order valence-corrected chi connectivity index (χ1v) is 12.3. The molecule has 0 spiro atoms. The number of hydrogen-bond acceptors (Lipinski definition) is 7. The average molecular weight is 475 g/mol. The number of aromatic nitrogens is 2. The maximum atomic E-state index is 13.4. The smallest absolute Gasteiger partial charge is 0.342 e. The van der Waals surface area contributed by atoms with Crippen molar-refractivity contribution in [3.63, 3.8) is 0 Å². The Morgan fingerprint density at radius 2 is 1.73 bits per heavy atom. The first kappa shape index (κ1) is 24.8. The number of esters is 1. The minimum absolute atomic E-state index is 0.0138. The number of amides is 1. The van der Waals surface area contributed by atoms with Crippen LogP contribution in [0.3, 0.4) is 0 Å². The fourth-order valence-electron chi connectivity index (χ4n) is 3.95. The van der Waals surface area contributed by atoms with Crippen molar-refractivity contribution >= 4 is 21.9 Å². The van der Waals surface area contributed by atoms with Gasteiger partial charge in [0.25, 0.3) is 5.91 Å². The molecule has 1 aromatic carbocycles. The molecule has 1 aromatic heterocycles. The van der Waals surface area contributed by atoms with Crippen molar-refractivity contribution < 1.29 is 22.7 Å². The van der Waals surface area contributed by atoms with Crippen LogP contribution in [0, 0.1) is 13.8 Å². The molecule has 0 aliphatic carbocycles. The molecule has 33 heavy (non-hydrogen) atoms. The van der Waals surface area contributed by atoms with Crippen LogP contribution in [-0.4, -0.2) is 72.3 Å². The second-order valence-corrected chi connectivity index (χ2v) is 10.4. The fourth-order valence-corrected chi connectivity index (χ4v) is 5.56. The van der Waals surface area contributed by atoms with Gasteiger partial charge in [-0.3, -0.25) is 4.79 Å². The quantitative estimate of drug-likeness (QED) is 0.613. The highest BCUT2D eigenvalue weighted by Gasteiger charge is 2.37. The van der Waals surface area contributed by atoms with E-state index in [-0.39, 0.29) is 41.7 Å². The standard InChI is InChI=1S/C23H30N4O5S/c1-14(2)20-19(23(29)32-6)21(25-17(5)24-20)22(28)26-11-12-27(16(4)13-26)33(30,31)18-9-7-15(3)8-10-18/h7-10,14,16H,11-13H2,1-6H3. The number of ether oxygens (including phenoxy) is 1. The third-order valence-corrected chi connectivity index (χ3v) is 7.70. The second-order valence-electron chi connectivity index (χ2n) is 8.55. The van der Waals surface area contributed by atoms with Gasteiger partial charge in [-0.1, -0.05) is 31.5 Å². The fraction of sp³-hybridized carbons (Fsp3) is 0.478. The number of carbonyl (C=O) groups excluding carboxylic acids is 2. The van der Waals surface area contributed by atoms with Crippen molar-refractivity contribution in [2.75, 3.05) is 26.7 Å². The van der Waals surface area contributed by atoms with E-state index in [1.165, 1.54) is 16.3 Å². The van der Waals surface area contributed by atoms with Crippen molar-refractivity contribution in [2.45, 2.75) is 51.5 Å². The van der Waals surface area contributed by atoms with Crippen LogP contribution in [0.15, 0.2) is 29.2 Å². The third kappa shape index (κ3) is 4.91. The van der Waals surface area contributed by atoms with Crippen molar-refractivity contribution in [1.82, 2.24) is 19.2 Å². The lowest BCUT2D eigenvalue weighted by Gasteiger charge is -2.39. The first-order chi connectivity index (χ1) is 15.5. The van der Waals surface area contributed by atoms with E-state index in [0.29, 0.717) is 11.5 Å². The summed E-state index contributed by atoms with van der Waals surface area (Å²) in [4.78, 5) is 36.4. The Labute approximate surface area is 194 Å². The summed E-state index contributed by atoms with van der Waals surface area (Å²) in [6.07, 6.45) is 0. The zero-order valence-electron chi connectivity index (χ0n) is 19.8. The van der Waals surface area contributed by atoms with Crippen LogP contribution in [-0.2, 0) is 14.8 Å². The molecule has 1 atom stereocenters. The van der Waals surface area contributed by atoms with Crippen LogP contribution in [0.1, 0.15) is 64.6 Å². The molecule has 178 valence electrons. The number of piperazine rings is 1. The molecule has 10 heteroatoms. The number of carbonyl (C=O) groups is 2. The number of nitrogens with zero attached hydrogens (tertiary/aromatic N) is 4. The number of hydrogen-bond donors (Lipinski definition) is 0. The Balaban J connectivity index is 1.90. The van der Waals surface area contributed by atoms with E-state index in [1.807, 2.05) is 20.8 Å². The molecule has 0 radical (unpaired) electrons. The van der Waals surface area contributed by atoms with E-state index in [1.54, 1.807) is 38.1 Å². The lowest BCUT2D eigenvalue weighted by atomic mass is 10.0. The molecular weight excluding hydrogens is 444 g/mol. The van der Waals surface area contributed by atoms with Gasteiger partial charge in [-0.2, -0.15) is 4.31 Å². The molecule has 1 saturated heterocycles. The molecule has 1 fully saturated rings. The molecule has 0 saturated carbocycles. The van der Waals surface area contributed by atoms with Gasteiger partial charge in [-0.15, -0.1) is 0 Å². The van der Waals surface area contributed by atoms with Gasteiger partial charge in [0, 0.05) is 25.7 Å². The number of benzene rings is 1. The summed E-state index contributed by atoms with van der Waals surface area (Å²) in [6, 6.07) is 6.25. The van der Waals surface area contributed by atoms with E-state index < -0.39 is 27.9 Å². The topological polar surface area (TPSA) is 110 Å². The second kappa shape index (κ2) is 9.56.